The molecule has 1 N–H and O–H groups in total. The van der Waals surface area contributed by atoms with E-state index < -0.39 is 5.60 Å². The lowest BCUT2D eigenvalue weighted by atomic mass is 9.89. The van der Waals surface area contributed by atoms with Crippen molar-refractivity contribution in [2.75, 3.05) is 12.5 Å². The van der Waals surface area contributed by atoms with Crippen LogP contribution in [0.15, 0.2) is 54.6 Å². The molecule has 0 spiro atoms. The second-order valence-electron chi connectivity index (χ2n) is 5.32. The molecule has 0 heterocycles. The Kier molecular flexibility index (Phi) is 5.66. The van der Waals surface area contributed by atoms with Crippen LogP contribution in [0, 0.1) is 0 Å². The first kappa shape index (κ1) is 15.9. The van der Waals surface area contributed by atoms with E-state index in [0.29, 0.717) is 18.9 Å². The fourth-order valence-corrected chi connectivity index (χ4v) is 2.32. The summed E-state index contributed by atoms with van der Waals surface area (Å²) in [5, 5.41) is 10.7. The lowest BCUT2D eigenvalue weighted by Crippen LogP contribution is -2.21. The van der Waals surface area contributed by atoms with Crippen LogP contribution >= 0.6 is 11.6 Å². The van der Waals surface area contributed by atoms with E-state index in [2.05, 4.69) is 12.1 Å². The number of aliphatic hydroxyl groups is 1. The van der Waals surface area contributed by atoms with Crippen LogP contribution in [-0.2, 0) is 12.0 Å². The minimum atomic E-state index is -0.846. The topological polar surface area (TPSA) is 29.5 Å². The maximum absolute atomic E-state index is 10.7. The summed E-state index contributed by atoms with van der Waals surface area (Å²) < 4.78 is 5.44. The third kappa shape index (κ3) is 4.76. The predicted octanol–water partition coefficient (Wildman–Crippen LogP) is 4.14. The predicted molar refractivity (Wildman–Crippen MR) is 87.0 cm³/mol. The van der Waals surface area contributed by atoms with E-state index in [1.807, 2.05) is 49.4 Å². The van der Waals surface area contributed by atoms with Crippen molar-refractivity contribution in [2.45, 2.75) is 25.4 Å². The van der Waals surface area contributed by atoms with Crippen molar-refractivity contribution in [3.63, 3.8) is 0 Å². The number of hydrogen-bond donors (Lipinski definition) is 1. The molecule has 2 nitrogen and oxygen atoms in total. The summed E-state index contributed by atoms with van der Waals surface area (Å²) in [6.07, 6.45) is 1.53. The van der Waals surface area contributed by atoms with E-state index in [-0.39, 0.29) is 0 Å². The van der Waals surface area contributed by atoms with Gasteiger partial charge in [0.15, 0.2) is 0 Å². The molecule has 0 aliphatic carbocycles. The zero-order valence-electron chi connectivity index (χ0n) is 12.3. The van der Waals surface area contributed by atoms with Crippen LogP contribution < -0.4 is 4.74 Å². The average molecular weight is 305 g/mol. The van der Waals surface area contributed by atoms with Crippen LogP contribution in [-0.4, -0.2) is 17.6 Å². The van der Waals surface area contributed by atoms with Gasteiger partial charge < -0.3 is 9.84 Å². The summed E-state index contributed by atoms with van der Waals surface area (Å²) in [4.78, 5) is 0. The highest BCUT2D eigenvalue weighted by Crippen LogP contribution is 2.27. The smallest absolute Gasteiger partial charge is 0.119 e. The first-order valence-corrected chi connectivity index (χ1v) is 7.71. The van der Waals surface area contributed by atoms with Gasteiger partial charge in [-0.2, -0.15) is 0 Å². The lowest BCUT2D eigenvalue weighted by molar-refractivity contribution is 0.0480. The summed E-state index contributed by atoms with van der Waals surface area (Å²) in [7, 11) is 0. The van der Waals surface area contributed by atoms with Gasteiger partial charge in [0.2, 0.25) is 0 Å². The third-order valence-electron chi connectivity index (χ3n) is 3.57. The van der Waals surface area contributed by atoms with E-state index in [9.17, 15) is 5.11 Å². The molecule has 0 bridgehead atoms. The second kappa shape index (κ2) is 7.48. The molecule has 2 aromatic carbocycles. The average Bonchev–Trinajstić information content (AvgIpc) is 2.52. The Labute approximate surface area is 131 Å². The molecule has 21 heavy (non-hydrogen) atoms. The number of halogens is 1. The third-order valence-corrected chi connectivity index (χ3v) is 3.72. The molecule has 0 aliphatic rings. The highest BCUT2D eigenvalue weighted by atomic mass is 35.5. The first-order chi connectivity index (χ1) is 10.1. The van der Waals surface area contributed by atoms with Crippen molar-refractivity contribution in [3.05, 3.63) is 65.7 Å². The Morgan fingerprint density at radius 3 is 2.33 bits per heavy atom. The SMILES string of the molecule is C[C@](O)(CCc1ccccc1)c1ccc(OCCCl)cc1. The monoisotopic (exact) mass is 304 g/mol. The number of alkyl halides is 1. The maximum Gasteiger partial charge on any atom is 0.119 e. The molecule has 0 saturated heterocycles. The van der Waals surface area contributed by atoms with Crippen molar-refractivity contribution in [1.82, 2.24) is 0 Å². The summed E-state index contributed by atoms with van der Waals surface area (Å²) in [6, 6.07) is 17.8. The molecule has 0 saturated carbocycles. The molecule has 0 fully saturated rings. The summed E-state index contributed by atoms with van der Waals surface area (Å²) in [5.74, 6) is 1.24. The minimum absolute atomic E-state index is 0.469. The number of hydrogen-bond acceptors (Lipinski definition) is 2. The summed E-state index contributed by atoms with van der Waals surface area (Å²) in [5.41, 5.74) is 1.29. The quantitative estimate of drug-likeness (QED) is 0.779. The zero-order valence-corrected chi connectivity index (χ0v) is 13.0. The minimum Gasteiger partial charge on any atom is -0.492 e. The van der Waals surface area contributed by atoms with Gasteiger partial charge in [-0.1, -0.05) is 42.5 Å². The van der Waals surface area contributed by atoms with Crippen LogP contribution in [0.5, 0.6) is 5.75 Å². The molecule has 2 rings (SSSR count). The number of ether oxygens (including phenoxy) is 1. The molecule has 112 valence electrons. The van der Waals surface area contributed by atoms with Crippen molar-refractivity contribution in [2.24, 2.45) is 0 Å². The fourth-order valence-electron chi connectivity index (χ4n) is 2.24. The molecule has 0 aliphatic heterocycles. The largest absolute Gasteiger partial charge is 0.492 e. The van der Waals surface area contributed by atoms with E-state index in [1.54, 1.807) is 0 Å². The first-order valence-electron chi connectivity index (χ1n) is 7.17. The van der Waals surface area contributed by atoms with Gasteiger partial charge in [-0.05, 0) is 43.0 Å². The van der Waals surface area contributed by atoms with Crippen molar-refractivity contribution in [3.8, 4) is 5.75 Å². The van der Waals surface area contributed by atoms with Crippen LogP contribution in [0.2, 0.25) is 0 Å². The normalized spacial score (nSPS) is 13.7. The number of benzene rings is 2. The Morgan fingerprint density at radius 1 is 1.05 bits per heavy atom. The van der Waals surface area contributed by atoms with Gasteiger partial charge >= 0.3 is 0 Å². The molecule has 2 aromatic rings. The van der Waals surface area contributed by atoms with Crippen LogP contribution in [0.25, 0.3) is 0 Å². The molecule has 0 radical (unpaired) electrons. The van der Waals surface area contributed by atoms with E-state index in [4.69, 9.17) is 16.3 Å². The number of rotatable bonds is 7. The zero-order chi connectivity index (χ0) is 15.1. The van der Waals surface area contributed by atoms with Crippen molar-refractivity contribution < 1.29 is 9.84 Å². The molecular weight excluding hydrogens is 284 g/mol. The van der Waals surface area contributed by atoms with Gasteiger partial charge in [0, 0.05) is 0 Å². The fraction of sp³-hybridized carbons (Fsp3) is 0.333. The standard InChI is InChI=1S/C18H21ClO2/c1-18(20,12-11-15-5-3-2-4-6-15)16-7-9-17(10-8-16)21-14-13-19/h2-10,20H,11-14H2,1H3/t18-/m0/s1. The van der Waals surface area contributed by atoms with E-state index in [0.717, 1.165) is 17.7 Å². The Balaban J connectivity index is 1.98. The van der Waals surface area contributed by atoms with Gasteiger partial charge in [-0.15, -0.1) is 11.6 Å². The Morgan fingerprint density at radius 2 is 1.71 bits per heavy atom. The Bertz CT molecular complexity index is 535. The van der Waals surface area contributed by atoms with E-state index in [1.165, 1.54) is 5.56 Å². The van der Waals surface area contributed by atoms with Gasteiger partial charge in [-0.25, -0.2) is 0 Å². The molecule has 3 heteroatoms. The second-order valence-corrected chi connectivity index (χ2v) is 5.70. The van der Waals surface area contributed by atoms with Gasteiger partial charge in [0.25, 0.3) is 0 Å². The molecule has 0 unspecified atom stereocenters. The highest BCUT2D eigenvalue weighted by Gasteiger charge is 2.22. The molecule has 0 aromatic heterocycles. The van der Waals surface area contributed by atoms with Crippen LogP contribution in [0.3, 0.4) is 0 Å². The Hall–Kier alpha value is -1.51. The number of aryl methyl sites for hydroxylation is 1. The maximum atomic E-state index is 10.7. The van der Waals surface area contributed by atoms with Crippen molar-refractivity contribution in [1.29, 1.82) is 0 Å². The van der Waals surface area contributed by atoms with Crippen molar-refractivity contribution >= 4 is 11.6 Å². The molecular formula is C18H21ClO2. The summed E-state index contributed by atoms with van der Waals surface area (Å²) >= 11 is 5.59. The van der Waals surface area contributed by atoms with Gasteiger partial charge in [-0.3, -0.25) is 0 Å². The van der Waals surface area contributed by atoms with Crippen LogP contribution in [0.1, 0.15) is 24.5 Å². The molecule has 1 atom stereocenters. The lowest BCUT2D eigenvalue weighted by Gasteiger charge is -2.24. The highest BCUT2D eigenvalue weighted by molar-refractivity contribution is 6.18. The molecule has 0 amide bonds. The van der Waals surface area contributed by atoms with Gasteiger partial charge in [0.1, 0.15) is 12.4 Å². The summed E-state index contributed by atoms with van der Waals surface area (Å²) in [6.45, 7) is 2.34. The van der Waals surface area contributed by atoms with Crippen LogP contribution in [0.4, 0.5) is 0 Å². The van der Waals surface area contributed by atoms with E-state index >= 15 is 0 Å². The van der Waals surface area contributed by atoms with Gasteiger partial charge in [0.05, 0.1) is 11.5 Å².